The van der Waals surface area contributed by atoms with Crippen LogP contribution in [0.15, 0.2) is 47.6 Å². The number of nitrogens with zero attached hydrogens (tertiary/aromatic N) is 1. The van der Waals surface area contributed by atoms with E-state index in [0.717, 1.165) is 11.3 Å². The summed E-state index contributed by atoms with van der Waals surface area (Å²) in [5.41, 5.74) is 4.11. The van der Waals surface area contributed by atoms with Crippen LogP contribution in [0.1, 0.15) is 29.3 Å². The van der Waals surface area contributed by atoms with Crippen molar-refractivity contribution in [3.8, 4) is 11.5 Å². The molecule has 120 valence electrons. The number of aromatic hydroxyl groups is 1. The van der Waals surface area contributed by atoms with Gasteiger partial charge in [-0.05, 0) is 54.4 Å². The van der Waals surface area contributed by atoms with Gasteiger partial charge in [0, 0.05) is 5.02 Å². The first-order valence-electron chi connectivity index (χ1n) is 7.05. The molecule has 2 aromatic rings. The smallest absolute Gasteiger partial charge is 0.275 e. The van der Waals surface area contributed by atoms with Gasteiger partial charge in [0.2, 0.25) is 0 Å². The van der Waals surface area contributed by atoms with Gasteiger partial charge in [0.05, 0.1) is 18.4 Å². The zero-order valence-corrected chi connectivity index (χ0v) is 13.6. The molecular formula is C17H17ClN2O3. The zero-order chi connectivity index (χ0) is 16.8. The van der Waals surface area contributed by atoms with E-state index in [1.807, 2.05) is 31.2 Å². The number of carbonyl (C=O) groups excluding carboxylic acids is 1. The molecule has 0 unspecified atom stereocenters. The number of carbonyl (C=O) groups is 1. The van der Waals surface area contributed by atoms with Crippen molar-refractivity contribution in [1.29, 1.82) is 0 Å². The van der Waals surface area contributed by atoms with Gasteiger partial charge in [0.25, 0.3) is 5.91 Å². The van der Waals surface area contributed by atoms with Crippen molar-refractivity contribution in [3.63, 3.8) is 0 Å². The summed E-state index contributed by atoms with van der Waals surface area (Å²) in [6.07, 6.45) is 0.633. The van der Waals surface area contributed by atoms with Crippen molar-refractivity contribution in [3.05, 3.63) is 58.6 Å². The molecule has 5 nitrogen and oxygen atoms in total. The third-order valence-electron chi connectivity index (χ3n) is 3.25. The molecule has 0 heterocycles. The predicted molar refractivity (Wildman–Crippen MR) is 90.4 cm³/mol. The van der Waals surface area contributed by atoms with E-state index in [4.69, 9.17) is 16.3 Å². The fourth-order valence-corrected chi connectivity index (χ4v) is 2.17. The number of rotatable bonds is 5. The Morgan fingerprint density at radius 2 is 1.96 bits per heavy atom. The minimum Gasteiger partial charge on any atom is -0.507 e. The second-order valence-electron chi connectivity index (χ2n) is 4.74. The Balaban J connectivity index is 2.18. The molecule has 0 saturated heterocycles. The van der Waals surface area contributed by atoms with Gasteiger partial charge in [-0.1, -0.05) is 18.5 Å². The Labute approximate surface area is 139 Å². The summed E-state index contributed by atoms with van der Waals surface area (Å²) in [5, 5.41) is 14.2. The Morgan fingerprint density at radius 3 is 2.57 bits per heavy atom. The third-order valence-corrected chi connectivity index (χ3v) is 3.49. The highest BCUT2D eigenvalue weighted by Gasteiger charge is 2.11. The first-order valence-corrected chi connectivity index (χ1v) is 7.42. The third kappa shape index (κ3) is 4.23. The summed E-state index contributed by atoms with van der Waals surface area (Å²) in [7, 11) is 1.60. The van der Waals surface area contributed by atoms with Gasteiger partial charge in [0.1, 0.15) is 11.5 Å². The molecule has 2 N–H and O–H groups in total. The molecule has 0 bridgehead atoms. The Hall–Kier alpha value is -2.53. The molecule has 0 aliphatic carbocycles. The minimum atomic E-state index is -0.524. The molecule has 6 heteroatoms. The minimum absolute atomic E-state index is 0.0754. The average Bonchev–Trinajstić information content (AvgIpc) is 2.58. The lowest BCUT2D eigenvalue weighted by Gasteiger charge is -2.07. The summed E-state index contributed by atoms with van der Waals surface area (Å²) < 4.78 is 5.11. The second-order valence-corrected chi connectivity index (χ2v) is 5.18. The molecule has 0 atom stereocenters. The first kappa shape index (κ1) is 16.8. The fourth-order valence-electron chi connectivity index (χ4n) is 2.00. The lowest BCUT2D eigenvalue weighted by Crippen LogP contribution is -2.20. The Kier molecular flexibility index (Phi) is 5.60. The average molecular weight is 333 g/mol. The normalized spacial score (nSPS) is 11.2. The molecular weight excluding hydrogens is 316 g/mol. The second kappa shape index (κ2) is 7.65. The number of amides is 1. The maximum absolute atomic E-state index is 12.1. The van der Waals surface area contributed by atoms with E-state index in [1.165, 1.54) is 18.2 Å². The van der Waals surface area contributed by atoms with Crippen molar-refractivity contribution in [2.75, 3.05) is 7.11 Å². The molecule has 0 spiro atoms. The Bertz CT molecular complexity index is 727. The number of hydrazone groups is 1. The summed E-state index contributed by atoms with van der Waals surface area (Å²) in [6, 6.07) is 11.6. The van der Waals surface area contributed by atoms with Gasteiger partial charge in [-0.3, -0.25) is 4.79 Å². The van der Waals surface area contributed by atoms with Crippen molar-refractivity contribution in [1.82, 2.24) is 5.43 Å². The molecule has 0 fully saturated rings. The van der Waals surface area contributed by atoms with Crippen LogP contribution in [0.3, 0.4) is 0 Å². The molecule has 0 aromatic heterocycles. The quantitative estimate of drug-likeness (QED) is 0.649. The van der Waals surface area contributed by atoms with Crippen LogP contribution in [-0.2, 0) is 0 Å². The summed E-state index contributed by atoms with van der Waals surface area (Å²) in [4.78, 5) is 12.1. The van der Waals surface area contributed by atoms with E-state index in [1.54, 1.807) is 7.11 Å². The Morgan fingerprint density at radius 1 is 1.26 bits per heavy atom. The molecule has 0 saturated carbocycles. The number of hydrogen-bond acceptors (Lipinski definition) is 4. The molecule has 2 aromatic carbocycles. The van der Waals surface area contributed by atoms with Crippen LogP contribution < -0.4 is 10.2 Å². The predicted octanol–water partition coefficient (Wildman–Crippen LogP) is 3.60. The van der Waals surface area contributed by atoms with Crippen molar-refractivity contribution >= 4 is 23.2 Å². The number of methoxy groups -OCH3 is 1. The number of phenolic OH excluding ortho intramolecular Hbond substituents is 1. The van der Waals surface area contributed by atoms with Gasteiger partial charge in [-0.25, -0.2) is 5.43 Å². The summed E-state index contributed by atoms with van der Waals surface area (Å²) in [6.45, 7) is 1.94. The molecule has 0 aliphatic heterocycles. The van der Waals surface area contributed by atoms with Gasteiger partial charge in [0.15, 0.2) is 0 Å². The van der Waals surface area contributed by atoms with Crippen LogP contribution in [0, 0.1) is 0 Å². The molecule has 0 radical (unpaired) electrons. The number of hydrogen-bond donors (Lipinski definition) is 2. The van der Waals surface area contributed by atoms with Crippen molar-refractivity contribution < 1.29 is 14.6 Å². The maximum atomic E-state index is 12.1. The van der Waals surface area contributed by atoms with E-state index >= 15 is 0 Å². The number of halogens is 1. The van der Waals surface area contributed by atoms with Gasteiger partial charge >= 0.3 is 0 Å². The van der Waals surface area contributed by atoms with E-state index < -0.39 is 5.91 Å². The number of nitrogens with one attached hydrogen (secondary N) is 1. The summed E-state index contributed by atoms with van der Waals surface area (Å²) >= 11 is 5.84. The lowest BCUT2D eigenvalue weighted by molar-refractivity contribution is 0.0952. The van der Waals surface area contributed by atoms with Crippen LogP contribution >= 0.6 is 11.6 Å². The molecule has 1 amide bonds. The number of benzene rings is 2. The topological polar surface area (TPSA) is 70.9 Å². The van der Waals surface area contributed by atoms with E-state index in [0.29, 0.717) is 17.2 Å². The highest BCUT2D eigenvalue weighted by molar-refractivity contribution is 6.31. The fraction of sp³-hybridized carbons (Fsp3) is 0.176. The van der Waals surface area contributed by atoms with E-state index in [9.17, 15) is 9.90 Å². The van der Waals surface area contributed by atoms with Crippen LogP contribution in [-0.4, -0.2) is 23.8 Å². The highest BCUT2D eigenvalue weighted by Crippen LogP contribution is 2.21. The summed E-state index contributed by atoms with van der Waals surface area (Å²) in [5.74, 6) is 0.0751. The number of ether oxygens (including phenoxy) is 1. The SMILES string of the molecule is CC/C(=N\NC(=O)c1cc(Cl)ccc1O)c1ccc(OC)cc1. The van der Waals surface area contributed by atoms with Gasteiger partial charge < -0.3 is 9.84 Å². The zero-order valence-electron chi connectivity index (χ0n) is 12.8. The van der Waals surface area contributed by atoms with Crippen LogP contribution in [0.25, 0.3) is 0 Å². The van der Waals surface area contributed by atoms with Gasteiger partial charge in [-0.2, -0.15) is 5.10 Å². The van der Waals surface area contributed by atoms with Crippen molar-refractivity contribution in [2.24, 2.45) is 5.10 Å². The highest BCUT2D eigenvalue weighted by atomic mass is 35.5. The van der Waals surface area contributed by atoms with Crippen LogP contribution in [0.2, 0.25) is 5.02 Å². The van der Waals surface area contributed by atoms with E-state index in [2.05, 4.69) is 10.5 Å². The first-order chi connectivity index (χ1) is 11.0. The van der Waals surface area contributed by atoms with Gasteiger partial charge in [-0.15, -0.1) is 0 Å². The lowest BCUT2D eigenvalue weighted by atomic mass is 10.1. The number of phenols is 1. The van der Waals surface area contributed by atoms with Crippen molar-refractivity contribution in [2.45, 2.75) is 13.3 Å². The van der Waals surface area contributed by atoms with E-state index in [-0.39, 0.29) is 11.3 Å². The van der Waals surface area contributed by atoms with Crippen LogP contribution in [0.4, 0.5) is 0 Å². The molecule has 23 heavy (non-hydrogen) atoms. The molecule has 0 aliphatic rings. The monoisotopic (exact) mass is 332 g/mol. The largest absolute Gasteiger partial charge is 0.507 e. The van der Waals surface area contributed by atoms with Crippen LogP contribution in [0.5, 0.6) is 11.5 Å². The maximum Gasteiger partial charge on any atom is 0.275 e. The standard InChI is InChI=1S/C17H17ClN2O3/c1-3-15(11-4-7-13(23-2)8-5-11)19-20-17(22)14-10-12(18)6-9-16(14)21/h4-10,21H,3H2,1-2H3,(H,20,22)/b19-15+. The molecule has 2 rings (SSSR count).